The summed E-state index contributed by atoms with van der Waals surface area (Å²) in [6, 6.07) is 62.4. The second-order valence-electron chi connectivity index (χ2n) is 18.7. The Morgan fingerprint density at radius 2 is 0.983 bits per heavy atom. The summed E-state index contributed by atoms with van der Waals surface area (Å²) in [5.41, 5.74) is 19.6. The zero-order valence-electron chi connectivity index (χ0n) is 34.7. The number of hydrogen-bond donors (Lipinski definition) is 0. The topological polar surface area (TPSA) is 3.24 Å². The zero-order chi connectivity index (χ0) is 39.5. The van der Waals surface area contributed by atoms with Gasteiger partial charge in [0.05, 0.1) is 0 Å². The minimum absolute atomic E-state index is 0.164. The van der Waals surface area contributed by atoms with E-state index < -0.39 is 0 Å². The third-order valence-corrected chi connectivity index (χ3v) is 15.0. The molecular weight excluding hydrogens is 711 g/mol. The van der Waals surface area contributed by atoms with E-state index in [-0.39, 0.29) is 5.41 Å². The zero-order valence-corrected chi connectivity index (χ0v) is 34.7. The Labute approximate surface area is 351 Å². The molecule has 0 amide bonds. The molecule has 11 rings (SSSR count). The molecule has 1 nitrogen and oxygen atoms in total. The van der Waals surface area contributed by atoms with Gasteiger partial charge in [0.25, 0.3) is 0 Å². The van der Waals surface area contributed by atoms with Crippen LogP contribution in [0.4, 0.5) is 17.1 Å². The van der Waals surface area contributed by atoms with Crippen LogP contribution in [0.15, 0.2) is 164 Å². The first kappa shape index (κ1) is 36.4. The van der Waals surface area contributed by atoms with Gasteiger partial charge in [-0.2, -0.15) is 0 Å². The van der Waals surface area contributed by atoms with Crippen molar-refractivity contribution in [2.24, 2.45) is 11.8 Å². The maximum absolute atomic E-state index is 2.48. The first-order chi connectivity index (χ1) is 29.0. The molecule has 1 heteroatoms. The average Bonchev–Trinajstić information content (AvgIpc) is 4.00. The van der Waals surface area contributed by atoms with E-state index >= 15 is 0 Å². The average molecular weight is 766 g/mol. The molecule has 0 heterocycles. The van der Waals surface area contributed by atoms with Gasteiger partial charge in [0.2, 0.25) is 0 Å². The van der Waals surface area contributed by atoms with E-state index in [1.165, 1.54) is 136 Å². The van der Waals surface area contributed by atoms with Crippen molar-refractivity contribution in [3.8, 4) is 44.5 Å². The van der Waals surface area contributed by atoms with Crippen molar-refractivity contribution in [3.05, 3.63) is 186 Å². The third kappa shape index (κ3) is 6.55. The van der Waals surface area contributed by atoms with Crippen molar-refractivity contribution in [1.29, 1.82) is 0 Å². The highest BCUT2D eigenvalue weighted by molar-refractivity contribution is 5.90. The number of hydrogen-bond acceptors (Lipinski definition) is 1. The fourth-order valence-corrected chi connectivity index (χ4v) is 11.8. The molecule has 0 spiro atoms. The van der Waals surface area contributed by atoms with E-state index in [1.54, 1.807) is 5.56 Å². The summed E-state index contributed by atoms with van der Waals surface area (Å²) >= 11 is 0. The predicted octanol–water partition coefficient (Wildman–Crippen LogP) is 16.4. The van der Waals surface area contributed by atoms with E-state index in [1.807, 2.05) is 0 Å². The second-order valence-corrected chi connectivity index (χ2v) is 18.7. The normalized spacial score (nSPS) is 20.3. The van der Waals surface area contributed by atoms with Crippen LogP contribution in [0.2, 0.25) is 0 Å². The summed E-state index contributed by atoms with van der Waals surface area (Å²) in [7, 11) is 0. The Hall–Kier alpha value is -5.66. The van der Waals surface area contributed by atoms with Crippen molar-refractivity contribution in [3.63, 3.8) is 0 Å². The highest BCUT2D eigenvalue weighted by atomic mass is 15.1. The molecule has 7 aromatic carbocycles. The smallest absolute Gasteiger partial charge is 0.0465 e. The fraction of sp³-hybridized carbons (Fsp3) is 0.276. The SMILES string of the molecule is CC1(C)c2cc(-c3ccccc3-c3ccccc3)ccc2-c2ccc(N(c3ccc(-c4ccc(C5CC6CCC5C6)cc4)cc3)c3ccc(C4CCCCC4)cc3)cc21. The first-order valence-electron chi connectivity index (χ1n) is 22.5. The lowest BCUT2D eigenvalue weighted by atomic mass is 9.81. The van der Waals surface area contributed by atoms with Crippen LogP contribution in [-0.4, -0.2) is 0 Å². The molecular formula is C58H55N. The number of rotatable bonds is 8. The summed E-state index contributed by atoms with van der Waals surface area (Å²) in [6.45, 7) is 4.82. The van der Waals surface area contributed by atoms with E-state index in [2.05, 4.69) is 183 Å². The van der Waals surface area contributed by atoms with E-state index in [9.17, 15) is 0 Å². The van der Waals surface area contributed by atoms with Crippen molar-refractivity contribution < 1.29 is 0 Å². The van der Waals surface area contributed by atoms with E-state index in [4.69, 9.17) is 0 Å². The number of anilines is 3. The summed E-state index contributed by atoms with van der Waals surface area (Å²) in [4.78, 5) is 2.48. The van der Waals surface area contributed by atoms with Gasteiger partial charge in [-0.3, -0.25) is 0 Å². The molecule has 0 aliphatic heterocycles. The van der Waals surface area contributed by atoms with Gasteiger partial charge in [-0.25, -0.2) is 0 Å². The highest BCUT2D eigenvalue weighted by Crippen LogP contribution is 2.54. The molecule has 0 saturated heterocycles. The second kappa shape index (κ2) is 14.9. The van der Waals surface area contributed by atoms with Gasteiger partial charge < -0.3 is 4.90 Å². The van der Waals surface area contributed by atoms with E-state index in [0.717, 1.165) is 17.8 Å². The van der Waals surface area contributed by atoms with E-state index in [0.29, 0.717) is 5.92 Å². The number of nitrogens with zero attached hydrogens (tertiary/aromatic N) is 1. The van der Waals surface area contributed by atoms with Crippen LogP contribution in [0.5, 0.6) is 0 Å². The molecule has 4 aliphatic rings. The molecule has 59 heavy (non-hydrogen) atoms. The summed E-state index contributed by atoms with van der Waals surface area (Å²) in [6.07, 6.45) is 12.4. The fourth-order valence-electron chi connectivity index (χ4n) is 11.8. The lowest BCUT2D eigenvalue weighted by Gasteiger charge is -2.29. The van der Waals surface area contributed by atoms with Crippen LogP contribution < -0.4 is 4.90 Å². The van der Waals surface area contributed by atoms with Gasteiger partial charge in [-0.1, -0.05) is 161 Å². The molecule has 292 valence electrons. The largest absolute Gasteiger partial charge is 0.310 e. The molecule has 3 atom stereocenters. The highest BCUT2D eigenvalue weighted by Gasteiger charge is 2.40. The van der Waals surface area contributed by atoms with Gasteiger partial charge in [0.15, 0.2) is 0 Å². The van der Waals surface area contributed by atoms with Crippen molar-refractivity contribution in [1.82, 2.24) is 0 Å². The molecule has 0 radical (unpaired) electrons. The quantitative estimate of drug-likeness (QED) is 0.149. The maximum atomic E-state index is 2.48. The third-order valence-electron chi connectivity index (χ3n) is 15.0. The lowest BCUT2D eigenvalue weighted by Crippen LogP contribution is -2.16. The molecule has 4 aliphatic carbocycles. The number of benzene rings is 7. The van der Waals surface area contributed by atoms with Crippen molar-refractivity contribution >= 4 is 17.1 Å². The minimum atomic E-state index is -0.164. The van der Waals surface area contributed by atoms with Crippen LogP contribution >= 0.6 is 0 Å². The lowest BCUT2D eigenvalue weighted by molar-refractivity contribution is 0.420. The summed E-state index contributed by atoms with van der Waals surface area (Å²) in [5, 5.41) is 0. The Bertz CT molecular complexity index is 2610. The van der Waals surface area contributed by atoms with Gasteiger partial charge in [0, 0.05) is 22.5 Å². The molecule has 2 bridgehead atoms. The van der Waals surface area contributed by atoms with Crippen molar-refractivity contribution in [2.45, 2.75) is 88.9 Å². The van der Waals surface area contributed by atoms with Crippen molar-refractivity contribution in [2.75, 3.05) is 4.90 Å². The van der Waals surface area contributed by atoms with Crippen LogP contribution in [0.1, 0.15) is 106 Å². The molecule has 7 aromatic rings. The molecule has 0 aromatic heterocycles. The Kier molecular flexibility index (Phi) is 9.18. The Morgan fingerprint density at radius 1 is 0.424 bits per heavy atom. The van der Waals surface area contributed by atoms with Crippen LogP contribution in [0.25, 0.3) is 44.5 Å². The van der Waals surface area contributed by atoms with Crippen LogP contribution in [0.3, 0.4) is 0 Å². The van der Waals surface area contributed by atoms with Gasteiger partial charge in [0.1, 0.15) is 0 Å². The van der Waals surface area contributed by atoms with Gasteiger partial charge in [-0.05, 0) is 165 Å². The Morgan fingerprint density at radius 3 is 1.64 bits per heavy atom. The maximum Gasteiger partial charge on any atom is 0.0465 e. The number of fused-ring (bicyclic) bond motifs is 5. The molecule has 3 fully saturated rings. The van der Waals surface area contributed by atoms with Crippen LogP contribution in [-0.2, 0) is 5.41 Å². The standard InChI is InChI=1S/C58H55N/c1-58(2)56-37-47(52-16-10-9-15-51(52)44-13-7-4-8-14-44)27-33-53(56)54-34-32-50(38-57(54)58)59(48-28-23-42(24-29-48)40-11-5-3-6-12-40)49-30-25-43(26-31-49)41-19-21-45(22-20-41)55-36-39-17-18-46(55)35-39/h4,7-10,13-16,19-34,37-40,46,55H,3,5-6,11-12,17-18,35-36H2,1-2H3. The molecule has 0 N–H and O–H groups in total. The molecule has 3 unspecified atom stereocenters. The molecule has 3 saturated carbocycles. The minimum Gasteiger partial charge on any atom is -0.310 e. The Balaban J connectivity index is 0.939. The van der Waals surface area contributed by atoms with Gasteiger partial charge in [-0.15, -0.1) is 0 Å². The summed E-state index contributed by atoms with van der Waals surface area (Å²) < 4.78 is 0. The summed E-state index contributed by atoms with van der Waals surface area (Å²) in [5.74, 6) is 3.33. The van der Waals surface area contributed by atoms with Gasteiger partial charge >= 0.3 is 0 Å². The monoisotopic (exact) mass is 765 g/mol. The van der Waals surface area contributed by atoms with Crippen LogP contribution in [0, 0.1) is 11.8 Å². The first-order valence-corrected chi connectivity index (χ1v) is 22.5. The predicted molar refractivity (Wildman–Crippen MR) is 249 cm³/mol.